The first kappa shape index (κ1) is 11.8. The van der Waals surface area contributed by atoms with Crippen LogP contribution in [0, 0.1) is 16.0 Å². The van der Waals surface area contributed by atoms with E-state index < -0.39 is 4.92 Å². The van der Waals surface area contributed by atoms with Gasteiger partial charge in [-0.25, -0.2) is 0 Å². The van der Waals surface area contributed by atoms with Crippen molar-refractivity contribution in [2.24, 2.45) is 5.92 Å². The van der Waals surface area contributed by atoms with Crippen LogP contribution in [0.4, 0.5) is 5.69 Å². The zero-order valence-corrected chi connectivity index (χ0v) is 9.84. The molecule has 0 aromatic carbocycles. The Hall–Kier alpha value is -1.69. The average molecular weight is 237 g/mol. The number of rotatable bonds is 3. The molecule has 1 N–H and O–H groups in total. The van der Waals surface area contributed by atoms with Gasteiger partial charge in [0.1, 0.15) is 11.9 Å². The first-order chi connectivity index (χ1) is 8.08. The Morgan fingerprint density at radius 1 is 1.71 bits per heavy atom. The SMILES string of the molecule is CC1=CC(C)C(Cc2[nH]ncc2[N+](=O)[O-])OC1. The van der Waals surface area contributed by atoms with Gasteiger partial charge in [-0.15, -0.1) is 0 Å². The molecular weight excluding hydrogens is 222 g/mol. The summed E-state index contributed by atoms with van der Waals surface area (Å²) in [5.74, 6) is 0.256. The van der Waals surface area contributed by atoms with Gasteiger partial charge in [-0.05, 0) is 6.92 Å². The lowest BCUT2D eigenvalue weighted by Gasteiger charge is -2.26. The third-order valence-corrected chi connectivity index (χ3v) is 2.96. The normalized spacial score (nSPS) is 24.5. The van der Waals surface area contributed by atoms with Crippen molar-refractivity contribution in [3.05, 3.63) is 33.7 Å². The predicted molar refractivity (Wildman–Crippen MR) is 61.6 cm³/mol. The lowest BCUT2D eigenvalue weighted by Crippen LogP contribution is -2.28. The fourth-order valence-corrected chi connectivity index (χ4v) is 2.05. The summed E-state index contributed by atoms with van der Waals surface area (Å²) in [4.78, 5) is 10.3. The molecule has 0 spiro atoms. The Morgan fingerprint density at radius 2 is 2.47 bits per heavy atom. The van der Waals surface area contributed by atoms with Crippen molar-refractivity contribution in [2.45, 2.75) is 26.4 Å². The number of aromatic amines is 1. The summed E-state index contributed by atoms with van der Waals surface area (Å²) in [5.41, 5.74) is 1.76. The summed E-state index contributed by atoms with van der Waals surface area (Å²) in [6.45, 7) is 4.66. The second-order valence-electron chi connectivity index (χ2n) is 4.42. The quantitative estimate of drug-likeness (QED) is 0.494. The van der Waals surface area contributed by atoms with E-state index in [0.29, 0.717) is 18.7 Å². The van der Waals surface area contributed by atoms with E-state index in [1.807, 2.05) is 6.92 Å². The standard InChI is InChI=1S/C11H15N3O3/c1-7-3-8(2)11(17-6-7)4-9-10(14(15)16)5-12-13-9/h3,5,8,11H,4,6H2,1-2H3,(H,12,13). The first-order valence-electron chi connectivity index (χ1n) is 5.53. The molecule has 0 bridgehead atoms. The van der Waals surface area contributed by atoms with E-state index in [2.05, 4.69) is 23.2 Å². The van der Waals surface area contributed by atoms with Crippen molar-refractivity contribution in [1.29, 1.82) is 0 Å². The zero-order valence-electron chi connectivity index (χ0n) is 9.84. The van der Waals surface area contributed by atoms with Crippen molar-refractivity contribution in [3.8, 4) is 0 Å². The van der Waals surface area contributed by atoms with Crippen LogP contribution in [0.1, 0.15) is 19.5 Å². The Balaban J connectivity index is 2.11. The van der Waals surface area contributed by atoms with Gasteiger partial charge in [0.05, 0.1) is 17.6 Å². The van der Waals surface area contributed by atoms with Crippen molar-refractivity contribution in [2.75, 3.05) is 6.61 Å². The highest BCUT2D eigenvalue weighted by Gasteiger charge is 2.25. The fraction of sp³-hybridized carbons (Fsp3) is 0.545. The smallest absolute Gasteiger partial charge is 0.309 e. The van der Waals surface area contributed by atoms with Gasteiger partial charge in [0.15, 0.2) is 0 Å². The Labute approximate surface area is 98.8 Å². The number of hydrogen-bond donors (Lipinski definition) is 1. The van der Waals surface area contributed by atoms with Gasteiger partial charge in [0, 0.05) is 12.3 Å². The molecule has 0 aliphatic carbocycles. The Bertz CT molecular complexity index is 453. The minimum atomic E-state index is -0.423. The maximum Gasteiger partial charge on any atom is 0.309 e. The lowest BCUT2D eigenvalue weighted by atomic mass is 9.95. The van der Waals surface area contributed by atoms with E-state index in [1.165, 1.54) is 11.8 Å². The molecule has 2 atom stereocenters. The highest BCUT2D eigenvalue weighted by Crippen LogP contribution is 2.24. The lowest BCUT2D eigenvalue weighted by molar-refractivity contribution is -0.385. The van der Waals surface area contributed by atoms with Crippen molar-refractivity contribution >= 4 is 5.69 Å². The average Bonchev–Trinajstić information content (AvgIpc) is 2.70. The van der Waals surface area contributed by atoms with Gasteiger partial charge in [-0.3, -0.25) is 15.2 Å². The summed E-state index contributed by atoms with van der Waals surface area (Å²) < 4.78 is 5.67. The number of nitrogens with zero attached hydrogens (tertiary/aromatic N) is 2. The maximum atomic E-state index is 10.8. The molecule has 1 aliphatic heterocycles. The topological polar surface area (TPSA) is 81.0 Å². The van der Waals surface area contributed by atoms with E-state index in [4.69, 9.17) is 4.74 Å². The van der Waals surface area contributed by atoms with E-state index >= 15 is 0 Å². The molecule has 1 aliphatic rings. The Kier molecular flexibility index (Phi) is 3.23. The molecule has 0 fully saturated rings. The second-order valence-corrected chi connectivity index (χ2v) is 4.42. The van der Waals surface area contributed by atoms with Crippen molar-refractivity contribution in [3.63, 3.8) is 0 Å². The molecule has 0 amide bonds. The molecule has 2 heterocycles. The predicted octanol–water partition coefficient (Wildman–Crippen LogP) is 1.84. The monoisotopic (exact) mass is 237 g/mol. The molecule has 0 radical (unpaired) electrons. The number of H-pyrrole nitrogens is 1. The zero-order chi connectivity index (χ0) is 12.4. The third-order valence-electron chi connectivity index (χ3n) is 2.96. The van der Waals surface area contributed by atoms with E-state index in [-0.39, 0.29) is 17.7 Å². The van der Waals surface area contributed by atoms with Crippen LogP contribution in [0.15, 0.2) is 17.8 Å². The van der Waals surface area contributed by atoms with Crippen molar-refractivity contribution < 1.29 is 9.66 Å². The molecule has 2 rings (SSSR count). The molecule has 0 saturated heterocycles. The summed E-state index contributed by atoms with van der Waals surface area (Å²) in [6, 6.07) is 0. The summed E-state index contributed by atoms with van der Waals surface area (Å²) in [6.07, 6.45) is 3.85. The summed E-state index contributed by atoms with van der Waals surface area (Å²) in [5, 5.41) is 17.1. The first-order valence-corrected chi connectivity index (χ1v) is 5.53. The van der Waals surface area contributed by atoms with Gasteiger partial charge in [-0.1, -0.05) is 18.6 Å². The van der Waals surface area contributed by atoms with Crippen LogP contribution in [0.3, 0.4) is 0 Å². The largest absolute Gasteiger partial charge is 0.373 e. The number of hydrogen-bond acceptors (Lipinski definition) is 4. The molecule has 1 aromatic heterocycles. The number of ether oxygens (including phenoxy) is 1. The number of nitrogens with one attached hydrogen (secondary N) is 1. The molecule has 92 valence electrons. The van der Waals surface area contributed by atoms with Gasteiger partial charge < -0.3 is 4.74 Å². The summed E-state index contributed by atoms with van der Waals surface area (Å²) in [7, 11) is 0. The minimum Gasteiger partial charge on any atom is -0.373 e. The number of nitro groups is 1. The van der Waals surface area contributed by atoms with Gasteiger partial charge in [0.25, 0.3) is 0 Å². The van der Waals surface area contributed by atoms with E-state index in [1.54, 1.807) is 0 Å². The van der Waals surface area contributed by atoms with E-state index in [9.17, 15) is 10.1 Å². The van der Waals surface area contributed by atoms with Crippen LogP contribution in [0.5, 0.6) is 0 Å². The molecule has 17 heavy (non-hydrogen) atoms. The molecular formula is C11H15N3O3. The third kappa shape index (κ3) is 2.52. The van der Waals surface area contributed by atoms with Crippen LogP contribution in [0.25, 0.3) is 0 Å². The van der Waals surface area contributed by atoms with Crippen LogP contribution >= 0.6 is 0 Å². The molecule has 2 unspecified atom stereocenters. The Morgan fingerprint density at radius 3 is 3.12 bits per heavy atom. The van der Waals surface area contributed by atoms with Gasteiger partial charge in [-0.2, -0.15) is 5.10 Å². The van der Waals surface area contributed by atoms with Gasteiger partial charge >= 0.3 is 5.69 Å². The molecule has 6 nitrogen and oxygen atoms in total. The maximum absolute atomic E-state index is 10.8. The fourth-order valence-electron chi connectivity index (χ4n) is 2.05. The van der Waals surface area contributed by atoms with Crippen LogP contribution < -0.4 is 0 Å². The van der Waals surface area contributed by atoms with Crippen LogP contribution in [-0.2, 0) is 11.2 Å². The van der Waals surface area contributed by atoms with E-state index in [0.717, 1.165) is 0 Å². The second kappa shape index (κ2) is 4.67. The van der Waals surface area contributed by atoms with Crippen LogP contribution in [0.2, 0.25) is 0 Å². The molecule has 1 aromatic rings. The van der Waals surface area contributed by atoms with Crippen molar-refractivity contribution in [1.82, 2.24) is 10.2 Å². The number of aromatic nitrogens is 2. The molecule has 0 saturated carbocycles. The minimum absolute atomic E-state index is 0.0298. The highest BCUT2D eigenvalue weighted by atomic mass is 16.6. The molecule has 6 heteroatoms. The summed E-state index contributed by atoms with van der Waals surface area (Å²) >= 11 is 0. The van der Waals surface area contributed by atoms with Crippen LogP contribution in [-0.4, -0.2) is 27.8 Å². The van der Waals surface area contributed by atoms with Gasteiger partial charge in [0.2, 0.25) is 0 Å². The highest BCUT2D eigenvalue weighted by molar-refractivity contribution is 5.32.